The lowest BCUT2D eigenvalue weighted by Crippen LogP contribution is -2.02. The van der Waals surface area contributed by atoms with Gasteiger partial charge in [0.25, 0.3) is 0 Å². The minimum atomic E-state index is 0.345. The van der Waals surface area contributed by atoms with E-state index in [0.29, 0.717) is 27.3 Å². The number of imidazole rings is 1. The Morgan fingerprint density at radius 3 is 2.74 bits per heavy atom. The molecule has 3 aromatic rings. The van der Waals surface area contributed by atoms with Crippen LogP contribution in [-0.2, 0) is 0 Å². The topological polar surface area (TPSA) is 56.7 Å². The summed E-state index contributed by atoms with van der Waals surface area (Å²) in [4.78, 5) is 8.67. The Morgan fingerprint density at radius 2 is 2.00 bits per heavy atom. The van der Waals surface area contributed by atoms with E-state index in [2.05, 4.69) is 9.97 Å². The average molecular weight is 293 g/mol. The lowest BCUT2D eigenvalue weighted by atomic mass is 10.3. The maximum Gasteiger partial charge on any atom is 0.207 e. The summed E-state index contributed by atoms with van der Waals surface area (Å²) in [6, 6.07) is 7.14. The third kappa shape index (κ3) is 2.03. The van der Waals surface area contributed by atoms with Crippen LogP contribution in [-0.4, -0.2) is 14.5 Å². The number of pyridine rings is 1. The fourth-order valence-corrected chi connectivity index (χ4v) is 2.48. The SMILES string of the molecule is Cc1cnc2c(c1)nc(N)n2-c1ccc(Cl)cc1Cl. The molecule has 0 bridgehead atoms. The van der Waals surface area contributed by atoms with Crippen molar-refractivity contribution < 1.29 is 0 Å². The molecule has 0 fully saturated rings. The second-order valence-electron chi connectivity index (χ2n) is 4.26. The molecule has 0 aliphatic rings. The number of aryl methyl sites for hydroxylation is 1. The number of aromatic nitrogens is 3. The van der Waals surface area contributed by atoms with Crippen molar-refractivity contribution in [1.29, 1.82) is 0 Å². The first-order chi connectivity index (χ1) is 9.06. The van der Waals surface area contributed by atoms with Gasteiger partial charge in [0.2, 0.25) is 5.95 Å². The molecule has 0 saturated carbocycles. The van der Waals surface area contributed by atoms with Crippen molar-refractivity contribution in [1.82, 2.24) is 14.5 Å². The molecule has 0 amide bonds. The van der Waals surface area contributed by atoms with Gasteiger partial charge in [-0.2, -0.15) is 0 Å². The zero-order valence-corrected chi connectivity index (χ0v) is 11.6. The van der Waals surface area contributed by atoms with Gasteiger partial charge in [-0.1, -0.05) is 23.2 Å². The smallest absolute Gasteiger partial charge is 0.207 e. The molecule has 6 heteroatoms. The van der Waals surface area contributed by atoms with Crippen molar-refractivity contribution in [2.24, 2.45) is 0 Å². The number of anilines is 1. The summed E-state index contributed by atoms with van der Waals surface area (Å²) in [7, 11) is 0. The minimum Gasteiger partial charge on any atom is -0.369 e. The molecular weight excluding hydrogens is 283 g/mol. The van der Waals surface area contributed by atoms with Crippen molar-refractivity contribution in [3.05, 3.63) is 46.1 Å². The Morgan fingerprint density at radius 1 is 1.21 bits per heavy atom. The molecule has 19 heavy (non-hydrogen) atoms. The van der Waals surface area contributed by atoms with Gasteiger partial charge in [0.15, 0.2) is 5.65 Å². The van der Waals surface area contributed by atoms with Gasteiger partial charge in [0.05, 0.1) is 10.7 Å². The molecule has 0 atom stereocenters. The standard InChI is InChI=1S/C13H10Cl2N4/c1-7-4-10-12(17-6-7)19(13(16)18-10)11-3-2-8(14)5-9(11)15/h2-6H,1H3,(H2,16,18). The molecule has 0 aliphatic heterocycles. The Bertz CT molecular complexity index is 780. The Balaban J connectivity index is 2.33. The number of rotatable bonds is 1. The van der Waals surface area contributed by atoms with Crippen LogP contribution >= 0.6 is 23.2 Å². The first-order valence-corrected chi connectivity index (χ1v) is 6.38. The van der Waals surface area contributed by atoms with E-state index in [-0.39, 0.29) is 0 Å². The Labute approximate surface area is 119 Å². The summed E-state index contributed by atoms with van der Waals surface area (Å²) in [5, 5.41) is 1.07. The van der Waals surface area contributed by atoms with Gasteiger partial charge in [-0.05, 0) is 36.8 Å². The van der Waals surface area contributed by atoms with E-state index in [9.17, 15) is 0 Å². The van der Waals surface area contributed by atoms with Gasteiger partial charge in [0, 0.05) is 11.2 Å². The summed E-state index contributed by atoms with van der Waals surface area (Å²) in [6.45, 7) is 1.96. The van der Waals surface area contributed by atoms with Crippen LogP contribution in [0.25, 0.3) is 16.9 Å². The molecule has 3 rings (SSSR count). The van der Waals surface area contributed by atoms with E-state index in [0.717, 1.165) is 11.1 Å². The number of hydrogen-bond donors (Lipinski definition) is 1. The second-order valence-corrected chi connectivity index (χ2v) is 5.10. The molecule has 0 spiro atoms. The molecular formula is C13H10Cl2N4. The highest BCUT2D eigenvalue weighted by Gasteiger charge is 2.14. The van der Waals surface area contributed by atoms with E-state index < -0.39 is 0 Å². The molecule has 2 heterocycles. The molecule has 0 aliphatic carbocycles. The molecule has 1 aromatic carbocycles. The fraction of sp³-hybridized carbons (Fsp3) is 0.0769. The molecule has 2 N–H and O–H groups in total. The van der Waals surface area contributed by atoms with E-state index in [1.165, 1.54) is 0 Å². The number of fused-ring (bicyclic) bond motifs is 1. The van der Waals surface area contributed by atoms with Crippen LogP contribution in [0, 0.1) is 6.92 Å². The number of benzene rings is 1. The Kier molecular flexibility index (Phi) is 2.84. The fourth-order valence-electron chi connectivity index (χ4n) is 1.98. The van der Waals surface area contributed by atoms with E-state index in [4.69, 9.17) is 28.9 Å². The zero-order valence-electron chi connectivity index (χ0n) is 10.1. The van der Waals surface area contributed by atoms with Crippen molar-refractivity contribution in [3.63, 3.8) is 0 Å². The second kappa shape index (κ2) is 4.40. The quantitative estimate of drug-likeness (QED) is 0.745. The van der Waals surface area contributed by atoms with Crippen LogP contribution in [0.4, 0.5) is 5.95 Å². The third-order valence-corrected chi connectivity index (χ3v) is 3.35. The van der Waals surface area contributed by atoms with Crippen LogP contribution in [0.15, 0.2) is 30.5 Å². The summed E-state index contributed by atoms with van der Waals surface area (Å²) in [6.07, 6.45) is 1.77. The van der Waals surface area contributed by atoms with E-state index in [1.54, 1.807) is 29.0 Å². The number of halogens is 2. The highest BCUT2D eigenvalue weighted by molar-refractivity contribution is 6.35. The first-order valence-electron chi connectivity index (χ1n) is 5.62. The van der Waals surface area contributed by atoms with Crippen molar-refractivity contribution >= 4 is 40.3 Å². The predicted octanol–water partition coefficient (Wildman–Crippen LogP) is 3.62. The lowest BCUT2D eigenvalue weighted by molar-refractivity contribution is 1.08. The van der Waals surface area contributed by atoms with Crippen molar-refractivity contribution in [2.45, 2.75) is 6.92 Å². The maximum atomic E-state index is 6.21. The molecule has 96 valence electrons. The highest BCUT2D eigenvalue weighted by Crippen LogP contribution is 2.29. The van der Waals surface area contributed by atoms with Gasteiger partial charge in [-0.25, -0.2) is 9.97 Å². The van der Waals surface area contributed by atoms with E-state index >= 15 is 0 Å². The summed E-state index contributed by atoms with van der Waals surface area (Å²) >= 11 is 12.1. The summed E-state index contributed by atoms with van der Waals surface area (Å²) < 4.78 is 1.72. The van der Waals surface area contributed by atoms with Gasteiger partial charge >= 0.3 is 0 Å². The monoisotopic (exact) mass is 292 g/mol. The molecule has 4 nitrogen and oxygen atoms in total. The molecule has 0 unspecified atom stereocenters. The first kappa shape index (κ1) is 12.3. The summed E-state index contributed by atoms with van der Waals surface area (Å²) in [5.41, 5.74) is 9.11. The minimum absolute atomic E-state index is 0.345. The number of nitrogens with zero attached hydrogens (tertiary/aromatic N) is 3. The van der Waals surface area contributed by atoms with Crippen molar-refractivity contribution in [3.8, 4) is 5.69 Å². The largest absolute Gasteiger partial charge is 0.369 e. The number of hydrogen-bond acceptors (Lipinski definition) is 3. The highest BCUT2D eigenvalue weighted by atomic mass is 35.5. The maximum absolute atomic E-state index is 6.21. The van der Waals surface area contributed by atoms with Crippen LogP contribution in [0.1, 0.15) is 5.56 Å². The summed E-state index contributed by atoms with van der Waals surface area (Å²) in [5.74, 6) is 0.345. The van der Waals surface area contributed by atoms with E-state index in [1.807, 2.05) is 13.0 Å². The number of nitrogen functional groups attached to an aromatic ring is 1. The van der Waals surface area contributed by atoms with Crippen molar-refractivity contribution in [2.75, 3.05) is 5.73 Å². The van der Waals surface area contributed by atoms with Crippen LogP contribution in [0.3, 0.4) is 0 Å². The van der Waals surface area contributed by atoms with Gasteiger partial charge in [0.1, 0.15) is 5.52 Å². The zero-order chi connectivity index (χ0) is 13.6. The predicted molar refractivity (Wildman–Crippen MR) is 78.0 cm³/mol. The average Bonchev–Trinajstić information content (AvgIpc) is 2.65. The third-order valence-electron chi connectivity index (χ3n) is 2.81. The Hall–Kier alpha value is -1.78. The molecule has 2 aromatic heterocycles. The van der Waals surface area contributed by atoms with Gasteiger partial charge in [-0.3, -0.25) is 4.57 Å². The lowest BCUT2D eigenvalue weighted by Gasteiger charge is -2.08. The molecule has 0 saturated heterocycles. The van der Waals surface area contributed by atoms with Crippen LogP contribution < -0.4 is 5.73 Å². The van der Waals surface area contributed by atoms with Crippen LogP contribution in [0.2, 0.25) is 10.0 Å². The normalized spacial score (nSPS) is 11.1. The van der Waals surface area contributed by atoms with Gasteiger partial charge in [-0.15, -0.1) is 0 Å². The number of nitrogens with two attached hydrogens (primary N) is 1. The van der Waals surface area contributed by atoms with Crippen LogP contribution in [0.5, 0.6) is 0 Å². The van der Waals surface area contributed by atoms with Gasteiger partial charge < -0.3 is 5.73 Å². The molecule has 0 radical (unpaired) electrons.